The number of hydrogen-bond acceptors (Lipinski definition) is 4. The maximum Gasteiger partial charge on any atom is 0.122 e. The van der Waals surface area contributed by atoms with Gasteiger partial charge >= 0.3 is 0 Å². The third-order valence-corrected chi connectivity index (χ3v) is 3.09. The first kappa shape index (κ1) is 15.9. The second-order valence-corrected chi connectivity index (χ2v) is 5.29. The Morgan fingerprint density at radius 1 is 1.26 bits per heavy atom. The molecule has 1 N–H and O–H groups in total. The van der Waals surface area contributed by atoms with Gasteiger partial charge < -0.3 is 10.1 Å². The van der Waals surface area contributed by atoms with Gasteiger partial charge in [-0.05, 0) is 40.8 Å². The normalized spacial score (nSPS) is 11.6. The summed E-state index contributed by atoms with van der Waals surface area (Å²) in [4.78, 5) is 6.70. The van der Waals surface area contributed by atoms with Crippen molar-refractivity contribution in [3.8, 4) is 5.75 Å². The van der Waals surface area contributed by atoms with Gasteiger partial charge in [-0.1, -0.05) is 0 Å². The molecule has 0 atom stereocenters. The maximum absolute atomic E-state index is 5.81. The minimum atomic E-state index is 0.542. The lowest BCUT2D eigenvalue weighted by molar-refractivity contribution is 0.142. The zero-order valence-corrected chi connectivity index (χ0v) is 12.8. The lowest BCUT2D eigenvalue weighted by atomic mass is 10.2. The highest BCUT2D eigenvalue weighted by molar-refractivity contribution is 5.22. The number of aromatic nitrogens is 1. The van der Waals surface area contributed by atoms with Gasteiger partial charge in [-0.2, -0.15) is 0 Å². The van der Waals surface area contributed by atoms with Crippen LogP contribution in [0.3, 0.4) is 0 Å². The predicted octanol–water partition coefficient (Wildman–Crippen LogP) is 2.30. The summed E-state index contributed by atoms with van der Waals surface area (Å²) in [6.07, 6.45) is 1.80. The molecule has 4 heteroatoms. The first-order chi connectivity index (χ1) is 9.04. The highest BCUT2D eigenvalue weighted by Crippen LogP contribution is 2.11. The zero-order chi connectivity index (χ0) is 14.3. The Kier molecular flexibility index (Phi) is 6.81. The molecule has 0 aliphatic rings. The Balaban J connectivity index is 2.45. The van der Waals surface area contributed by atoms with Crippen LogP contribution in [0, 0.1) is 0 Å². The van der Waals surface area contributed by atoms with E-state index in [0.29, 0.717) is 18.7 Å². The molecule has 0 aromatic carbocycles. The Morgan fingerprint density at radius 2 is 1.95 bits per heavy atom. The number of nitrogens with zero attached hydrogens (tertiary/aromatic N) is 2. The molecule has 0 spiro atoms. The molecule has 19 heavy (non-hydrogen) atoms. The Hall–Kier alpha value is -1.13. The van der Waals surface area contributed by atoms with Crippen molar-refractivity contribution < 1.29 is 4.74 Å². The average molecular weight is 265 g/mol. The van der Waals surface area contributed by atoms with E-state index in [1.165, 1.54) is 0 Å². The SMILES string of the molecule is CNCc1cc(OCCN(C(C)C)C(C)C)ccn1. The van der Waals surface area contributed by atoms with E-state index in [1.54, 1.807) is 6.20 Å². The molecule has 1 aromatic heterocycles. The molecular weight excluding hydrogens is 238 g/mol. The molecule has 1 rings (SSSR count). The molecular formula is C15H27N3O. The first-order valence-electron chi connectivity index (χ1n) is 7.02. The standard InChI is InChI=1S/C15H27N3O/c1-12(2)18(13(3)4)8-9-19-15-6-7-17-14(10-15)11-16-5/h6-7,10,12-13,16H,8-9,11H2,1-5H3. The number of nitrogens with one attached hydrogen (secondary N) is 1. The summed E-state index contributed by atoms with van der Waals surface area (Å²) in [5, 5.41) is 3.09. The first-order valence-corrected chi connectivity index (χ1v) is 7.02. The third kappa shape index (κ3) is 5.57. The molecule has 1 aromatic rings. The Labute approximate surface area is 117 Å². The number of hydrogen-bond donors (Lipinski definition) is 1. The fraction of sp³-hybridized carbons (Fsp3) is 0.667. The van der Waals surface area contributed by atoms with Gasteiger partial charge in [0.2, 0.25) is 0 Å². The third-order valence-electron chi connectivity index (χ3n) is 3.09. The van der Waals surface area contributed by atoms with E-state index < -0.39 is 0 Å². The van der Waals surface area contributed by atoms with Crippen LogP contribution in [0.4, 0.5) is 0 Å². The van der Waals surface area contributed by atoms with E-state index in [9.17, 15) is 0 Å². The smallest absolute Gasteiger partial charge is 0.122 e. The summed E-state index contributed by atoms with van der Waals surface area (Å²) in [6, 6.07) is 4.99. The lowest BCUT2D eigenvalue weighted by Crippen LogP contribution is -2.39. The van der Waals surface area contributed by atoms with E-state index in [4.69, 9.17) is 4.74 Å². The largest absolute Gasteiger partial charge is 0.492 e. The summed E-state index contributed by atoms with van der Waals surface area (Å²) in [7, 11) is 1.92. The van der Waals surface area contributed by atoms with Crippen molar-refractivity contribution >= 4 is 0 Å². The second-order valence-electron chi connectivity index (χ2n) is 5.29. The molecule has 0 radical (unpaired) electrons. The topological polar surface area (TPSA) is 37.4 Å². The number of ether oxygens (including phenoxy) is 1. The average Bonchev–Trinajstić information content (AvgIpc) is 2.34. The summed E-state index contributed by atoms with van der Waals surface area (Å²) in [5.41, 5.74) is 1.00. The van der Waals surface area contributed by atoms with Crippen LogP contribution in [-0.4, -0.2) is 42.2 Å². The maximum atomic E-state index is 5.81. The summed E-state index contributed by atoms with van der Waals surface area (Å²) in [5.74, 6) is 0.896. The zero-order valence-electron chi connectivity index (χ0n) is 12.8. The van der Waals surface area contributed by atoms with Gasteiger partial charge in [0.15, 0.2) is 0 Å². The second kappa shape index (κ2) is 8.12. The van der Waals surface area contributed by atoms with E-state index in [1.807, 2.05) is 19.2 Å². The van der Waals surface area contributed by atoms with Crippen LogP contribution in [0.15, 0.2) is 18.3 Å². The molecule has 0 fully saturated rings. The quantitative estimate of drug-likeness (QED) is 0.782. The van der Waals surface area contributed by atoms with Gasteiger partial charge in [-0.3, -0.25) is 9.88 Å². The minimum Gasteiger partial charge on any atom is -0.492 e. The highest BCUT2D eigenvalue weighted by Gasteiger charge is 2.12. The van der Waals surface area contributed by atoms with Crippen molar-refractivity contribution in [1.82, 2.24) is 15.2 Å². The predicted molar refractivity (Wildman–Crippen MR) is 79.5 cm³/mol. The van der Waals surface area contributed by atoms with Crippen LogP contribution >= 0.6 is 0 Å². The molecule has 0 aliphatic carbocycles. The van der Waals surface area contributed by atoms with Gasteiger partial charge in [0.1, 0.15) is 12.4 Å². The molecule has 0 saturated heterocycles. The molecule has 0 aliphatic heterocycles. The Morgan fingerprint density at radius 3 is 2.53 bits per heavy atom. The molecule has 108 valence electrons. The van der Waals surface area contributed by atoms with Crippen molar-refractivity contribution in [3.05, 3.63) is 24.0 Å². The van der Waals surface area contributed by atoms with E-state index in [2.05, 4.69) is 42.9 Å². The molecule has 4 nitrogen and oxygen atoms in total. The lowest BCUT2D eigenvalue weighted by Gasteiger charge is -2.30. The summed E-state index contributed by atoms with van der Waals surface area (Å²) >= 11 is 0. The van der Waals surface area contributed by atoms with Crippen molar-refractivity contribution in [2.75, 3.05) is 20.2 Å². The summed E-state index contributed by atoms with van der Waals surface area (Å²) in [6.45, 7) is 11.3. The van der Waals surface area contributed by atoms with Crippen LogP contribution in [0.1, 0.15) is 33.4 Å². The van der Waals surface area contributed by atoms with Crippen LogP contribution in [0.2, 0.25) is 0 Å². The van der Waals surface area contributed by atoms with Crippen molar-refractivity contribution in [1.29, 1.82) is 0 Å². The van der Waals surface area contributed by atoms with Crippen LogP contribution in [0.25, 0.3) is 0 Å². The van der Waals surface area contributed by atoms with Gasteiger partial charge in [0, 0.05) is 37.4 Å². The van der Waals surface area contributed by atoms with Gasteiger partial charge in [-0.25, -0.2) is 0 Å². The van der Waals surface area contributed by atoms with E-state index >= 15 is 0 Å². The fourth-order valence-corrected chi connectivity index (χ4v) is 2.21. The van der Waals surface area contributed by atoms with E-state index in [-0.39, 0.29) is 0 Å². The fourth-order valence-electron chi connectivity index (χ4n) is 2.21. The monoisotopic (exact) mass is 265 g/mol. The number of pyridine rings is 1. The minimum absolute atomic E-state index is 0.542. The van der Waals surface area contributed by atoms with Crippen molar-refractivity contribution in [3.63, 3.8) is 0 Å². The van der Waals surface area contributed by atoms with Crippen molar-refractivity contribution in [2.24, 2.45) is 0 Å². The molecule has 0 unspecified atom stereocenters. The Bertz CT molecular complexity index is 358. The van der Waals surface area contributed by atoms with Gasteiger partial charge in [0.25, 0.3) is 0 Å². The molecule has 0 saturated carbocycles. The summed E-state index contributed by atoms with van der Waals surface area (Å²) < 4.78 is 5.81. The highest BCUT2D eigenvalue weighted by atomic mass is 16.5. The molecule has 0 amide bonds. The van der Waals surface area contributed by atoms with Gasteiger partial charge in [-0.15, -0.1) is 0 Å². The van der Waals surface area contributed by atoms with Crippen LogP contribution in [0.5, 0.6) is 5.75 Å². The molecule has 1 heterocycles. The molecule has 0 bridgehead atoms. The van der Waals surface area contributed by atoms with Gasteiger partial charge in [0.05, 0.1) is 5.69 Å². The van der Waals surface area contributed by atoms with Crippen LogP contribution in [-0.2, 0) is 6.54 Å². The van der Waals surface area contributed by atoms with Crippen LogP contribution < -0.4 is 10.1 Å². The number of rotatable bonds is 8. The van der Waals surface area contributed by atoms with Crippen molar-refractivity contribution in [2.45, 2.75) is 46.3 Å². The van der Waals surface area contributed by atoms with E-state index in [0.717, 1.165) is 24.5 Å².